The Bertz CT molecular complexity index is 789. The molecule has 0 spiro atoms. The molecule has 0 saturated carbocycles. The number of para-hydroxylation sites is 1. The predicted octanol–water partition coefficient (Wildman–Crippen LogP) is 2.02. The number of methoxy groups -OCH3 is 1. The van der Waals surface area contributed by atoms with Gasteiger partial charge in [-0.1, -0.05) is 18.2 Å². The highest BCUT2D eigenvalue weighted by Gasteiger charge is 2.21. The van der Waals surface area contributed by atoms with Gasteiger partial charge in [0.15, 0.2) is 0 Å². The highest BCUT2D eigenvalue weighted by atomic mass is 16.5. The van der Waals surface area contributed by atoms with E-state index in [-0.39, 0.29) is 23.0 Å². The maximum atomic E-state index is 10.2. The van der Waals surface area contributed by atoms with Crippen molar-refractivity contribution in [1.29, 1.82) is 5.41 Å². The van der Waals surface area contributed by atoms with Gasteiger partial charge in [-0.05, 0) is 18.2 Å². The van der Waals surface area contributed by atoms with Crippen LogP contribution in [0.2, 0.25) is 0 Å². The maximum absolute atomic E-state index is 10.2. The van der Waals surface area contributed by atoms with Crippen LogP contribution < -0.4 is 15.0 Å². The van der Waals surface area contributed by atoms with Gasteiger partial charge in [-0.25, -0.2) is 4.98 Å². The zero-order chi connectivity index (χ0) is 18.4. The summed E-state index contributed by atoms with van der Waals surface area (Å²) >= 11 is 0. The zero-order valence-corrected chi connectivity index (χ0v) is 14.5. The molecule has 0 bridgehead atoms. The molecular weight excluding hydrogens is 334 g/mol. The Kier molecular flexibility index (Phi) is 5.65. The lowest BCUT2D eigenvalue weighted by molar-refractivity contribution is 0.122. The first-order valence-electron chi connectivity index (χ1n) is 8.24. The molecule has 0 atom stereocenters. The molecule has 8 nitrogen and oxygen atoms in total. The summed E-state index contributed by atoms with van der Waals surface area (Å²) in [7, 11) is 1.41. The number of nitrogens with zero attached hydrogens (tertiary/aromatic N) is 3. The standard InChI is InChI=1S/C18H21N5O3/c1-25-16-15(14(19)7-8-20-13-5-3-2-4-6-13)21-18(22-17(16)24)23-9-11-26-12-10-23/h2-8,19-20H,9-12H2,1H3,(H,21,22,24)/b8-7-,19-14?. The van der Waals surface area contributed by atoms with E-state index in [9.17, 15) is 5.11 Å². The Hall–Kier alpha value is -3.13. The lowest BCUT2D eigenvalue weighted by Crippen LogP contribution is -2.37. The molecule has 1 fully saturated rings. The van der Waals surface area contributed by atoms with E-state index >= 15 is 0 Å². The average molecular weight is 355 g/mol. The Morgan fingerprint density at radius 2 is 2.00 bits per heavy atom. The minimum absolute atomic E-state index is 0.0800. The zero-order valence-electron chi connectivity index (χ0n) is 14.5. The Labute approximate surface area is 151 Å². The monoisotopic (exact) mass is 355 g/mol. The number of anilines is 2. The van der Waals surface area contributed by atoms with E-state index < -0.39 is 0 Å². The number of nitrogens with one attached hydrogen (secondary N) is 2. The van der Waals surface area contributed by atoms with E-state index in [1.165, 1.54) is 7.11 Å². The molecule has 1 aromatic carbocycles. The molecule has 136 valence electrons. The Morgan fingerprint density at radius 1 is 1.27 bits per heavy atom. The quantitative estimate of drug-likeness (QED) is 0.681. The fourth-order valence-electron chi connectivity index (χ4n) is 2.54. The van der Waals surface area contributed by atoms with Gasteiger partial charge in [-0.15, -0.1) is 0 Å². The van der Waals surface area contributed by atoms with E-state index in [1.807, 2.05) is 35.2 Å². The molecule has 26 heavy (non-hydrogen) atoms. The summed E-state index contributed by atoms with van der Waals surface area (Å²) in [5, 5.41) is 21.6. The molecule has 3 rings (SSSR count). The first kappa shape index (κ1) is 17.7. The number of morpholine rings is 1. The minimum Gasteiger partial charge on any atom is -0.491 e. The van der Waals surface area contributed by atoms with Crippen molar-refractivity contribution in [2.24, 2.45) is 0 Å². The van der Waals surface area contributed by atoms with E-state index in [2.05, 4.69) is 15.3 Å². The summed E-state index contributed by atoms with van der Waals surface area (Å²) in [6, 6.07) is 9.60. The van der Waals surface area contributed by atoms with Gasteiger partial charge in [-0.3, -0.25) is 5.41 Å². The van der Waals surface area contributed by atoms with Crippen LogP contribution in [-0.4, -0.2) is 54.2 Å². The van der Waals surface area contributed by atoms with Gasteiger partial charge < -0.3 is 24.8 Å². The van der Waals surface area contributed by atoms with Gasteiger partial charge in [0.1, 0.15) is 5.69 Å². The van der Waals surface area contributed by atoms with E-state index in [1.54, 1.807) is 12.3 Å². The normalized spacial score (nSPS) is 14.4. The average Bonchev–Trinajstić information content (AvgIpc) is 2.68. The van der Waals surface area contributed by atoms with Crippen LogP contribution in [0.3, 0.4) is 0 Å². The molecule has 1 saturated heterocycles. The molecule has 0 radical (unpaired) electrons. The van der Waals surface area contributed by atoms with Crippen LogP contribution in [0.15, 0.2) is 42.6 Å². The lowest BCUT2D eigenvalue weighted by Gasteiger charge is -2.27. The Morgan fingerprint density at radius 3 is 2.69 bits per heavy atom. The van der Waals surface area contributed by atoms with Crippen molar-refractivity contribution < 1.29 is 14.6 Å². The van der Waals surface area contributed by atoms with Crippen molar-refractivity contribution >= 4 is 17.3 Å². The smallest absolute Gasteiger partial charge is 0.260 e. The number of aromatic hydroxyl groups is 1. The number of aromatic nitrogens is 2. The van der Waals surface area contributed by atoms with Crippen molar-refractivity contribution in [1.82, 2.24) is 9.97 Å². The molecule has 0 aliphatic carbocycles. The van der Waals surface area contributed by atoms with Gasteiger partial charge in [0.25, 0.3) is 5.88 Å². The number of rotatable bonds is 6. The van der Waals surface area contributed by atoms with Gasteiger partial charge >= 0.3 is 0 Å². The van der Waals surface area contributed by atoms with Gasteiger partial charge in [0.2, 0.25) is 11.7 Å². The number of hydrogen-bond acceptors (Lipinski definition) is 8. The van der Waals surface area contributed by atoms with Crippen LogP contribution in [0.4, 0.5) is 11.6 Å². The second kappa shape index (κ2) is 8.30. The molecule has 0 unspecified atom stereocenters. The van der Waals surface area contributed by atoms with Crippen molar-refractivity contribution in [2.75, 3.05) is 43.6 Å². The fraction of sp³-hybridized carbons (Fsp3) is 0.278. The third-order valence-electron chi connectivity index (χ3n) is 3.86. The van der Waals surface area contributed by atoms with E-state index in [0.717, 1.165) is 5.69 Å². The van der Waals surface area contributed by atoms with Crippen LogP contribution in [0.1, 0.15) is 5.69 Å². The summed E-state index contributed by atoms with van der Waals surface area (Å²) in [5.74, 6) is 0.153. The number of hydrogen-bond donors (Lipinski definition) is 3. The van der Waals surface area contributed by atoms with Crippen molar-refractivity contribution in [3.05, 3.63) is 48.3 Å². The summed E-state index contributed by atoms with van der Waals surface area (Å²) in [6.07, 6.45) is 3.20. The summed E-state index contributed by atoms with van der Waals surface area (Å²) < 4.78 is 10.5. The molecule has 1 aliphatic rings. The van der Waals surface area contributed by atoms with Crippen LogP contribution in [0, 0.1) is 5.41 Å². The first-order chi connectivity index (χ1) is 12.7. The first-order valence-corrected chi connectivity index (χ1v) is 8.24. The van der Waals surface area contributed by atoms with Crippen LogP contribution in [0.25, 0.3) is 0 Å². The van der Waals surface area contributed by atoms with Crippen LogP contribution >= 0.6 is 0 Å². The second-order valence-electron chi connectivity index (χ2n) is 5.59. The minimum atomic E-state index is -0.284. The largest absolute Gasteiger partial charge is 0.491 e. The molecule has 1 aliphatic heterocycles. The third-order valence-corrected chi connectivity index (χ3v) is 3.86. The molecule has 2 aromatic rings. The van der Waals surface area contributed by atoms with Crippen molar-refractivity contribution in [3.63, 3.8) is 0 Å². The highest BCUT2D eigenvalue weighted by Crippen LogP contribution is 2.30. The maximum Gasteiger partial charge on any atom is 0.260 e. The van der Waals surface area contributed by atoms with Gasteiger partial charge in [-0.2, -0.15) is 4.98 Å². The van der Waals surface area contributed by atoms with Crippen molar-refractivity contribution in [2.45, 2.75) is 0 Å². The predicted molar refractivity (Wildman–Crippen MR) is 99.3 cm³/mol. The molecule has 0 amide bonds. The fourth-order valence-corrected chi connectivity index (χ4v) is 2.54. The summed E-state index contributed by atoms with van der Waals surface area (Å²) in [5.41, 5.74) is 1.23. The topological polar surface area (TPSA) is 104 Å². The van der Waals surface area contributed by atoms with Gasteiger partial charge in [0.05, 0.1) is 26.0 Å². The van der Waals surface area contributed by atoms with Crippen molar-refractivity contribution in [3.8, 4) is 11.6 Å². The van der Waals surface area contributed by atoms with E-state index in [0.29, 0.717) is 32.3 Å². The number of ether oxygens (including phenoxy) is 2. The molecule has 1 aromatic heterocycles. The highest BCUT2D eigenvalue weighted by molar-refractivity contribution is 6.07. The number of allylic oxidation sites excluding steroid dienone is 1. The molecule has 8 heteroatoms. The lowest BCUT2D eigenvalue weighted by atomic mass is 10.2. The number of benzene rings is 1. The summed E-state index contributed by atoms with van der Waals surface area (Å²) in [4.78, 5) is 10.4. The molecule has 3 N–H and O–H groups in total. The van der Waals surface area contributed by atoms with E-state index in [4.69, 9.17) is 14.9 Å². The Balaban J connectivity index is 1.82. The molecular formula is C18H21N5O3. The molecule has 2 heterocycles. The SMILES string of the molecule is COc1c(O)nc(N2CCOCC2)nc1C(=N)/C=C\Nc1ccccc1. The van der Waals surface area contributed by atoms with Gasteiger partial charge in [0, 0.05) is 25.0 Å². The van der Waals surface area contributed by atoms with Crippen LogP contribution in [-0.2, 0) is 4.74 Å². The summed E-state index contributed by atoms with van der Waals surface area (Å²) in [6.45, 7) is 2.40. The van der Waals surface area contributed by atoms with Crippen LogP contribution in [0.5, 0.6) is 11.6 Å². The third kappa shape index (κ3) is 4.09. The second-order valence-corrected chi connectivity index (χ2v) is 5.59.